The van der Waals surface area contributed by atoms with Gasteiger partial charge in [-0.05, 0) is 26.3 Å². The molecule has 1 aromatic rings. The SMILES string of the molecule is CNC(Cc1cn(C(=O)C2CCC(=O)N2)cn1)C(=O)N1CCCC1C(=O)OC. The van der Waals surface area contributed by atoms with Crippen LogP contribution in [0.5, 0.6) is 0 Å². The quantitative estimate of drug-likeness (QED) is 0.602. The highest BCUT2D eigenvalue weighted by Crippen LogP contribution is 2.20. The average Bonchev–Trinajstić information content (AvgIpc) is 3.44. The van der Waals surface area contributed by atoms with E-state index >= 15 is 0 Å². The lowest BCUT2D eigenvalue weighted by Gasteiger charge is -2.27. The average molecular weight is 391 g/mol. The van der Waals surface area contributed by atoms with Crippen molar-refractivity contribution in [2.45, 2.75) is 50.2 Å². The number of carbonyl (C=O) groups excluding carboxylic acids is 4. The van der Waals surface area contributed by atoms with Gasteiger partial charge in [-0.25, -0.2) is 9.78 Å². The Morgan fingerprint density at radius 2 is 2.18 bits per heavy atom. The van der Waals surface area contributed by atoms with Gasteiger partial charge in [0.1, 0.15) is 18.4 Å². The summed E-state index contributed by atoms with van der Waals surface area (Å²) < 4.78 is 6.14. The molecular formula is C18H25N5O5. The van der Waals surface area contributed by atoms with Gasteiger partial charge in [0.15, 0.2) is 0 Å². The molecule has 2 fully saturated rings. The van der Waals surface area contributed by atoms with E-state index in [1.165, 1.54) is 18.0 Å². The molecule has 10 heteroatoms. The smallest absolute Gasteiger partial charge is 0.328 e. The third-order valence-corrected chi connectivity index (χ3v) is 5.25. The molecule has 10 nitrogen and oxygen atoms in total. The third kappa shape index (κ3) is 4.06. The van der Waals surface area contributed by atoms with Gasteiger partial charge in [0, 0.05) is 25.6 Å². The first kappa shape index (κ1) is 20.0. The van der Waals surface area contributed by atoms with Crippen molar-refractivity contribution in [2.24, 2.45) is 0 Å². The Balaban J connectivity index is 1.65. The van der Waals surface area contributed by atoms with Crippen molar-refractivity contribution in [1.82, 2.24) is 25.1 Å². The molecule has 0 aliphatic carbocycles. The van der Waals surface area contributed by atoms with Crippen LogP contribution in [-0.4, -0.2) is 77.0 Å². The van der Waals surface area contributed by atoms with Crippen LogP contribution in [-0.2, 0) is 25.5 Å². The van der Waals surface area contributed by atoms with Crippen LogP contribution in [0.25, 0.3) is 0 Å². The van der Waals surface area contributed by atoms with Crippen molar-refractivity contribution < 1.29 is 23.9 Å². The molecule has 0 aromatic carbocycles. The summed E-state index contributed by atoms with van der Waals surface area (Å²) in [6.07, 6.45) is 5.39. The van der Waals surface area contributed by atoms with Crippen molar-refractivity contribution in [3.05, 3.63) is 18.2 Å². The monoisotopic (exact) mass is 391 g/mol. The first-order valence-electron chi connectivity index (χ1n) is 9.36. The minimum absolute atomic E-state index is 0.134. The standard InChI is InChI=1S/C18H25N5O5/c1-19-13(17(26)23-7-3-4-14(23)18(27)28-2)8-11-9-22(10-20-11)16(25)12-5-6-15(24)21-12/h9-10,12-14,19H,3-8H2,1-2H3,(H,21,24). The van der Waals surface area contributed by atoms with E-state index in [1.807, 2.05) is 0 Å². The normalized spacial score (nSPS) is 22.8. The first-order valence-corrected chi connectivity index (χ1v) is 9.36. The maximum atomic E-state index is 12.9. The van der Waals surface area contributed by atoms with Gasteiger partial charge in [0.2, 0.25) is 11.8 Å². The number of imidazole rings is 1. The van der Waals surface area contributed by atoms with E-state index in [0.717, 1.165) is 6.42 Å². The van der Waals surface area contributed by atoms with Gasteiger partial charge in [-0.2, -0.15) is 0 Å². The van der Waals surface area contributed by atoms with Crippen molar-refractivity contribution in [3.63, 3.8) is 0 Å². The number of nitrogens with one attached hydrogen (secondary N) is 2. The van der Waals surface area contributed by atoms with Crippen LogP contribution < -0.4 is 10.6 Å². The molecule has 3 atom stereocenters. The molecule has 0 saturated carbocycles. The lowest BCUT2D eigenvalue weighted by Crippen LogP contribution is -2.50. The number of hydrogen-bond acceptors (Lipinski definition) is 7. The largest absolute Gasteiger partial charge is 0.467 e. The molecule has 0 radical (unpaired) electrons. The van der Waals surface area contributed by atoms with E-state index in [-0.39, 0.29) is 24.1 Å². The zero-order valence-electron chi connectivity index (χ0n) is 16.0. The van der Waals surface area contributed by atoms with Gasteiger partial charge in [0.25, 0.3) is 5.91 Å². The predicted octanol–water partition coefficient (Wildman–Crippen LogP) is -0.904. The number of amides is 2. The molecule has 152 valence electrons. The topological polar surface area (TPSA) is 123 Å². The lowest BCUT2D eigenvalue weighted by molar-refractivity contribution is -0.151. The summed E-state index contributed by atoms with van der Waals surface area (Å²) in [6.45, 7) is 0.505. The molecule has 28 heavy (non-hydrogen) atoms. The molecule has 3 unspecified atom stereocenters. The van der Waals surface area contributed by atoms with Crippen molar-refractivity contribution >= 4 is 23.7 Å². The van der Waals surface area contributed by atoms with Gasteiger partial charge in [-0.3, -0.25) is 19.0 Å². The Hall–Kier alpha value is -2.75. The van der Waals surface area contributed by atoms with Crippen LogP contribution >= 0.6 is 0 Å². The Morgan fingerprint density at radius 3 is 2.82 bits per heavy atom. The number of aromatic nitrogens is 2. The number of esters is 1. The Kier molecular flexibility index (Phi) is 6.08. The number of likely N-dealkylation sites (N-methyl/N-ethyl adjacent to an activating group) is 1. The van der Waals surface area contributed by atoms with E-state index in [9.17, 15) is 19.2 Å². The summed E-state index contributed by atoms with van der Waals surface area (Å²) in [5, 5.41) is 5.61. The summed E-state index contributed by atoms with van der Waals surface area (Å²) in [5.74, 6) is -0.985. The van der Waals surface area contributed by atoms with Crippen LogP contribution in [0.15, 0.2) is 12.5 Å². The number of rotatable bonds is 6. The molecule has 0 spiro atoms. The molecule has 2 aliphatic heterocycles. The highest BCUT2D eigenvalue weighted by atomic mass is 16.5. The van der Waals surface area contributed by atoms with Gasteiger partial charge >= 0.3 is 5.97 Å². The Morgan fingerprint density at radius 1 is 1.39 bits per heavy atom. The summed E-state index contributed by atoms with van der Waals surface area (Å²) >= 11 is 0. The molecule has 3 heterocycles. The maximum absolute atomic E-state index is 12.9. The van der Waals surface area contributed by atoms with E-state index in [4.69, 9.17) is 4.74 Å². The van der Waals surface area contributed by atoms with E-state index in [2.05, 4.69) is 15.6 Å². The molecule has 2 N–H and O–H groups in total. The number of likely N-dealkylation sites (tertiary alicyclic amines) is 1. The maximum Gasteiger partial charge on any atom is 0.328 e. The molecule has 2 amide bonds. The Bertz CT molecular complexity index is 776. The fourth-order valence-electron chi connectivity index (χ4n) is 3.70. The predicted molar refractivity (Wildman–Crippen MR) is 97.3 cm³/mol. The van der Waals surface area contributed by atoms with E-state index < -0.39 is 24.1 Å². The van der Waals surface area contributed by atoms with Gasteiger partial charge in [-0.15, -0.1) is 0 Å². The second-order valence-electron chi connectivity index (χ2n) is 7.03. The molecule has 3 rings (SSSR count). The third-order valence-electron chi connectivity index (χ3n) is 5.25. The lowest BCUT2D eigenvalue weighted by atomic mass is 10.1. The molecule has 1 aromatic heterocycles. The summed E-state index contributed by atoms with van der Waals surface area (Å²) in [4.78, 5) is 54.3. The van der Waals surface area contributed by atoms with E-state index in [1.54, 1.807) is 18.1 Å². The van der Waals surface area contributed by atoms with E-state index in [0.29, 0.717) is 31.5 Å². The summed E-state index contributed by atoms with van der Waals surface area (Å²) in [6, 6.07) is -1.67. The van der Waals surface area contributed by atoms with Gasteiger partial charge < -0.3 is 20.3 Å². The van der Waals surface area contributed by atoms with Crippen molar-refractivity contribution in [1.29, 1.82) is 0 Å². The number of nitrogens with zero attached hydrogens (tertiary/aromatic N) is 3. The minimum atomic E-state index is -0.574. The molecule has 2 saturated heterocycles. The van der Waals surface area contributed by atoms with Gasteiger partial charge in [0.05, 0.1) is 18.8 Å². The second kappa shape index (κ2) is 8.51. The van der Waals surface area contributed by atoms with Crippen molar-refractivity contribution in [2.75, 3.05) is 20.7 Å². The summed E-state index contributed by atoms with van der Waals surface area (Å²) in [7, 11) is 2.98. The van der Waals surface area contributed by atoms with Crippen LogP contribution in [0, 0.1) is 0 Å². The molecule has 2 aliphatic rings. The number of ether oxygens (including phenoxy) is 1. The zero-order chi connectivity index (χ0) is 20.3. The van der Waals surface area contributed by atoms with Crippen LogP contribution in [0.4, 0.5) is 0 Å². The summed E-state index contributed by atoms with van der Waals surface area (Å²) in [5.41, 5.74) is 0.569. The van der Waals surface area contributed by atoms with Crippen LogP contribution in [0.1, 0.15) is 36.2 Å². The highest BCUT2D eigenvalue weighted by molar-refractivity contribution is 5.92. The number of hydrogen-bond donors (Lipinski definition) is 2. The van der Waals surface area contributed by atoms with Gasteiger partial charge in [-0.1, -0.05) is 0 Å². The number of carbonyl (C=O) groups is 4. The molecule has 0 bridgehead atoms. The first-order chi connectivity index (χ1) is 13.4. The van der Waals surface area contributed by atoms with Crippen LogP contribution in [0.2, 0.25) is 0 Å². The second-order valence-corrected chi connectivity index (χ2v) is 7.03. The minimum Gasteiger partial charge on any atom is -0.467 e. The fraction of sp³-hybridized carbons (Fsp3) is 0.611. The van der Waals surface area contributed by atoms with Crippen LogP contribution in [0.3, 0.4) is 0 Å². The Labute approximate surface area is 162 Å². The zero-order valence-corrected chi connectivity index (χ0v) is 16.0. The fourth-order valence-corrected chi connectivity index (χ4v) is 3.70. The number of methoxy groups -OCH3 is 1. The highest BCUT2D eigenvalue weighted by Gasteiger charge is 2.37. The van der Waals surface area contributed by atoms with Crippen molar-refractivity contribution in [3.8, 4) is 0 Å². The molecular weight excluding hydrogens is 366 g/mol.